The lowest BCUT2D eigenvalue weighted by Crippen LogP contribution is -2.39. The van der Waals surface area contributed by atoms with Crippen LogP contribution in [-0.2, 0) is 4.74 Å². The Morgan fingerprint density at radius 2 is 2.04 bits per heavy atom. The smallest absolute Gasteiger partial charge is 0.178 e. The molecule has 1 unspecified atom stereocenters. The number of aromatic nitrogens is 6. The summed E-state index contributed by atoms with van der Waals surface area (Å²) in [6, 6.07) is 5.78. The molecule has 0 amide bonds. The summed E-state index contributed by atoms with van der Waals surface area (Å²) in [5, 5.41) is 17.8. The lowest BCUT2D eigenvalue weighted by Gasteiger charge is -2.34. The Labute approximate surface area is 158 Å². The molecule has 2 aliphatic heterocycles. The standard InChI is InChI=1S/C19H25N7O/c1-3-15(14-27-12-1)13-24-10-6-16(7-11-24)19-22-21-17-4-5-18(23-26(17)19)25-9-2-8-20-25/h2,4-5,8-9,15-16H,1,3,6-7,10-14H2. The first kappa shape index (κ1) is 16.8. The predicted molar refractivity (Wildman–Crippen MR) is 99.9 cm³/mol. The van der Waals surface area contributed by atoms with Crippen LogP contribution in [0.4, 0.5) is 0 Å². The highest BCUT2D eigenvalue weighted by atomic mass is 16.5. The molecule has 8 heteroatoms. The highest BCUT2D eigenvalue weighted by Gasteiger charge is 2.27. The molecule has 1 atom stereocenters. The molecule has 142 valence electrons. The van der Waals surface area contributed by atoms with Crippen molar-refractivity contribution >= 4 is 5.65 Å². The topological polar surface area (TPSA) is 73.4 Å². The number of hydrogen-bond donors (Lipinski definition) is 0. The SMILES string of the molecule is c1cnn(-c2ccc3nnc(C4CCN(CC5CCCOC5)CC4)n3n2)c1. The van der Waals surface area contributed by atoms with Crippen LogP contribution in [0.5, 0.6) is 0 Å². The molecule has 0 aromatic carbocycles. The second-order valence-electron chi connectivity index (χ2n) is 7.63. The largest absolute Gasteiger partial charge is 0.381 e. The van der Waals surface area contributed by atoms with Gasteiger partial charge in [0.05, 0.1) is 6.61 Å². The highest BCUT2D eigenvalue weighted by molar-refractivity contribution is 5.39. The first-order valence-electron chi connectivity index (χ1n) is 9.89. The Morgan fingerprint density at radius 3 is 2.81 bits per heavy atom. The van der Waals surface area contributed by atoms with Gasteiger partial charge in [0.1, 0.15) is 0 Å². The number of piperidine rings is 1. The lowest BCUT2D eigenvalue weighted by molar-refractivity contribution is 0.0344. The van der Waals surface area contributed by atoms with E-state index in [4.69, 9.17) is 9.84 Å². The summed E-state index contributed by atoms with van der Waals surface area (Å²) >= 11 is 0. The quantitative estimate of drug-likeness (QED) is 0.701. The van der Waals surface area contributed by atoms with Gasteiger partial charge in [0.25, 0.3) is 0 Å². The average Bonchev–Trinajstić information content (AvgIpc) is 3.39. The van der Waals surface area contributed by atoms with Crippen LogP contribution in [0.1, 0.15) is 37.4 Å². The number of hydrogen-bond acceptors (Lipinski definition) is 6. The van der Waals surface area contributed by atoms with E-state index in [2.05, 4.69) is 20.2 Å². The molecular formula is C19H25N7O. The first-order valence-corrected chi connectivity index (χ1v) is 9.89. The summed E-state index contributed by atoms with van der Waals surface area (Å²) < 4.78 is 9.29. The maximum atomic E-state index is 5.63. The summed E-state index contributed by atoms with van der Waals surface area (Å²) in [5.41, 5.74) is 0.794. The number of fused-ring (bicyclic) bond motifs is 1. The molecule has 0 radical (unpaired) electrons. The van der Waals surface area contributed by atoms with Crippen molar-refractivity contribution in [3.8, 4) is 5.82 Å². The van der Waals surface area contributed by atoms with E-state index in [0.717, 1.165) is 63.0 Å². The van der Waals surface area contributed by atoms with Gasteiger partial charge in [0.2, 0.25) is 0 Å². The van der Waals surface area contributed by atoms with Crippen LogP contribution in [0.3, 0.4) is 0 Å². The van der Waals surface area contributed by atoms with E-state index in [1.54, 1.807) is 10.9 Å². The van der Waals surface area contributed by atoms with E-state index < -0.39 is 0 Å². The van der Waals surface area contributed by atoms with Crippen LogP contribution in [-0.4, -0.2) is 67.3 Å². The molecule has 0 saturated carbocycles. The second kappa shape index (κ2) is 7.36. The van der Waals surface area contributed by atoms with Crippen molar-refractivity contribution in [1.82, 2.24) is 34.5 Å². The molecule has 0 N–H and O–H groups in total. The maximum absolute atomic E-state index is 5.63. The van der Waals surface area contributed by atoms with Crippen molar-refractivity contribution in [1.29, 1.82) is 0 Å². The van der Waals surface area contributed by atoms with Gasteiger partial charge in [-0.25, -0.2) is 4.68 Å². The van der Waals surface area contributed by atoms with Gasteiger partial charge in [-0.05, 0) is 62.9 Å². The van der Waals surface area contributed by atoms with Gasteiger partial charge in [-0.15, -0.1) is 15.3 Å². The van der Waals surface area contributed by atoms with E-state index in [9.17, 15) is 0 Å². The minimum absolute atomic E-state index is 0.402. The summed E-state index contributed by atoms with van der Waals surface area (Å²) in [6.07, 6.45) is 8.35. The van der Waals surface area contributed by atoms with Gasteiger partial charge in [0.15, 0.2) is 17.3 Å². The monoisotopic (exact) mass is 367 g/mol. The van der Waals surface area contributed by atoms with Crippen LogP contribution in [0, 0.1) is 5.92 Å². The molecule has 3 aromatic heterocycles. The van der Waals surface area contributed by atoms with E-state index >= 15 is 0 Å². The number of ether oxygens (including phenoxy) is 1. The third-order valence-corrected chi connectivity index (χ3v) is 5.74. The second-order valence-corrected chi connectivity index (χ2v) is 7.63. The molecule has 0 bridgehead atoms. The van der Waals surface area contributed by atoms with Gasteiger partial charge < -0.3 is 9.64 Å². The van der Waals surface area contributed by atoms with Crippen molar-refractivity contribution in [3.05, 3.63) is 36.4 Å². The average molecular weight is 367 g/mol. The minimum Gasteiger partial charge on any atom is -0.381 e. The van der Waals surface area contributed by atoms with Gasteiger partial charge in [-0.2, -0.15) is 9.61 Å². The van der Waals surface area contributed by atoms with Gasteiger partial charge in [-0.3, -0.25) is 0 Å². The van der Waals surface area contributed by atoms with Gasteiger partial charge in [0, 0.05) is 31.5 Å². The highest BCUT2D eigenvalue weighted by Crippen LogP contribution is 2.28. The zero-order valence-corrected chi connectivity index (χ0v) is 15.4. The fourth-order valence-electron chi connectivity index (χ4n) is 4.27. The Balaban J connectivity index is 1.29. The molecule has 5 rings (SSSR count). The third kappa shape index (κ3) is 3.46. The van der Waals surface area contributed by atoms with Crippen LogP contribution < -0.4 is 0 Å². The zero-order valence-electron chi connectivity index (χ0n) is 15.4. The molecule has 0 aliphatic carbocycles. The number of nitrogens with zero attached hydrogens (tertiary/aromatic N) is 7. The van der Waals surface area contributed by atoms with Crippen LogP contribution in [0.2, 0.25) is 0 Å². The minimum atomic E-state index is 0.402. The lowest BCUT2D eigenvalue weighted by atomic mass is 9.94. The molecule has 8 nitrogen and oxygen atoms in total. The first-order chi connectivity index (χ1) is 13.4. The van der Waals surface area contributed by atoms with Crippen LogP contribution in [0.25, 0.3) is 11.5 Å². The van der Waals surface area contributed by atoms with E-state index in [1.165, 1.54) is 12.8 Å². The van der Waals surface area contributed by atoms with E-state index in [1.807, 2.05) is 28.9 Å². The van der Waals surface area contributed by atoms with Crippen molar-refractivity contribution in [2.45, 2.75) is 31.6 Å². The van der Waals surface area contributed by atoms with Crippen molar-refractivity contribution in [3.63, 3.8) is 0 Å². The fourth-order valence-corrected chi connectivity index (χ4v) is 4.27. The van der Waals surface area contributed by atoms with Gasteiger partial charge >= 0.3 is 0 Å². The van der Waals surface area contributed by atoms with Crippen LogP contribution in [0.15, 0.2) is 30.6 Å². The van der Waals surface area contributed by atoms with E-state index in [-0.39, 0.29) is 0 Å². The Morgan fingerprint density at radius 1 is 1.11 bits per heavy atom. The third-order valence-electron chi connectivity index (χ3n) is 5.74. The van der Waals surface area contributed by atoms with Crippen molar-refractivity contribution < 1.29 is 4.74 Å². The van der Waals surface area contributed by atoms with Gasteiger partial charge in [-0.1, -0.05) is 0 Å². The number of rotatable bonds is 4. The van der Waals surface area contributed by atoms with Crippen LogP contribution >= 0.6 is 0 Å². The maximum Gasteiger partial charge on any atom is 0.178 e. The number of likely N-dealkylation sites (tertiary alicyclic amines) is 1. The molecule has 3 aromatic rings. The summed E-state index contributed by atoms with van der Waals surface area (Å²) in [6.45, 7) is 5.24. The van der Waals surface area contributed by atoms with E-state index in [0.29, 0.717) is 11.8 Å². The molecule has 27 heavy (non-hydrogen) atoms. The summed E-state index contributed by atoms with van der Waals surface area (Å²) in [7, 11) is 0. The Kier molecular flexibility index (Phi) is 4.59. The molecule has 2 fully saturated rings. The summed E-state index contributed by atoms with van der Waals surface area (Å²) in [4.78, 5) is 2.58. The molecule has 2 aliphatic rings. The predicted octanol–water partition coefficient (Wildman–Crippen LogP) is 1.92. The Hall–Kier alpha value is -2.32. The molecular weight excluding hydrogens is 342 g/mol. The van der Waals surface area contributed by atoms with Crippen molar-refractivity contribution in [2.75, 3.05) is 32.8 Å². The molecule has 5 heterocycles. The molecule has 0 spiro atoms. The van der Waals surface area contributed by atoms with Crippen molar-refractivity contribution in [2.24, 2.45) is 5.92 Å². The zero-order chi connectivity index (χ0) is 18.1. The normalized spacial score (nSPS) is 22.4. The fraction of sp³-hybridized carbons (Fsp3) is 0.579. The molecule has 2 saturated heterocycles. The Bertz CT molecular complexity index is 877. The summed E-state index contributed by atoms with van der Waals surface area (Å²) in [5.74, 6) is 2.85.